The van der Waals surface area contributed by atoms with Gasteiger partial charge in [-0.15, -0.1) is 0 Å². The lowest BCUT2D eigenvalue weighted by Gasteiger charge is -2.28. The van der Waals surface area contributed by atoms with Crippen LogP contribution in [0.1, 0.15) is 13.8 Å². The molecule has 19 heavy (non-hydrogen) atoms. The Morgan fingerprint density at radius 2 is 2.11 bits per heavy atom. The maximum absolute atomic E-state index is 12.7. The molecule has 102 valence electrons. The average Bonchev–Trinajstić information content (AvgIpc) is 2.86. The number of hydrogen-bond acceptors (Lipinski definition) is 4. The summed E-state index contributed by atoms with van der Waals surface area (Å²) in [6.45, 7) is 4.64. The first-order valence-corrected chi connectivity index (χ1v) is 6.68. The highest BCUT2D eigenvalue weighted by atomic mass is 16.5. The van der Waals surface area contributed by atoms with Gasteiger partial charge in [-0.25, -0.2) is 0 Å². The lowest BCUT2D eigenvalue weighted by Crippen LogP contribution is -2.45. The molecule has 5 atom stereocenters. The lowest BCUT2D eigenvalue weighted by molar-refractivity contribution is -0.145. The smallest absolute Gasteiger partial charge is 0.239 e. The number of methoxy groups -OCH3 is 1. The number of carbonyl (C=O) groups is 2. The Hall–Kier alpha value is -1.20. The van der Waals surface area contributed by atoms with E-state index in [1.165, 1.54) is 4.90 Å². The molecule has 5 unspecified atom stereocenters. The predicted molar refractivity (Wildman–Crippen MR) is 65.0 cm³/mol. The molecule has 4 rings (SSSR count). The third-order valence-electron chi connectivity index (χ3n) is 5.46. The number of hydrogen-bond donors (Lipinski definition) is 0. The number of amides is 2. The molecule has 4 aliphatic rings. The highest BCUT2D eigenvalue weighted by Crippen LogP contribution is 2.81. The van der Waals surface area contributed by atoms with E-state index in [1.54, 1.807) is 7.11 Å². The van der Waals surface area contributed by atoms with Gasteiger partial charge in [0, 0.05) is 13.0 Å². The number of imide groups is 1. The maximum Gasteiger partial charge on any atom is 0.239 e. The summed E-state index contributed by atoms with van der Waals surface area (Å²) in [6, 6.07) is 0. The molecule has 0 radical (unpaired) electrons. The van der Waals surface area contributed by atoms with Gasteiger partial charge in [0.1, 0.15) is 11.0 Å². The molecule has 0 aromatic heterocycles. The van der Waals surface area contributed by atoms with Crippen molar-refractivity contribution in [2.24, 2.45) is 17.3 Å². The van der Waals surface area contributed by atoms with E-state index in [-0.39, 0.29) is 23.7 Å². The van der Waals surface area contributed by atoms with Gasteiger partial charge in [0.15, 0.2) is 0 Å². The number of nitrogens with zero attached hydrogens (tertiary/aromatic N) is 1. The summed E-state index contributed by atoms with van der Waals surface area (Å²) in [5.41, 5.74) is -1.70. The van der Waals surface area contributed by atoms with Gasteiger partial charge in [0.05, 0.1) is 24.7 Å². The summed E-state index contributed by atoms with van der Waals surface area (Å²) in [4.78, 5) is 26.5. The molecule has 5 nitrogen and oxygen atoms in total. The first-order valence-electron chi connectivity index (χ1n) is 6.68. The molecule has 0 aromatic carbocycles. The van der Waals surface area contributed by atoms with E-state index < -0.39 is 16.6 Å². The molecule has 2 saturated heterocycles. The summed E-state index contributed by atoms with van der Waals surface area (Å²) in [6.07, 6.45) is 3.98. The van der Waals surface area contributed by atoms with E-state index in [0.717, 1.165) is 0 Å². The SMILES string of the molecule is COCCN1C(=O)C2C3C4(C)C=CC(C)(O4)C23C1=O. The third-order valence-corrected chi connectivity index (χ3v) is 5.46. The maximum atomic E-state index is 12.7. The molecular weight excluding hydrogens is 246 g/mol. The first kappa shape index (κ1) is 11.6. The molecule has 2 amide bonds. The minimum atomic E-state index is -0.638. The summed E-state index contributed by atoms with van der Waals surface area (Å²) >= 11 is 0. The van der Waals surface area contributed by atoms with E-state index in [9.17, 15) is 9.59 Å². The minimum Gasteiger partial charge on any atom is -0.383 e. The van der Waals surface area contributed by atoms with Gasteiger partial charge in [-0.1, -0.05) is 12.2 Å². The van der Waals surface area contributed by atoms with Gasteiger partial charge in [-0.2, -0.15) is 0 Å². The highest BCUT2D eigenvalue weighted by Gasteiger charge is 2.93. The van der Waals surface area contributed by atoms with Gasteiger partial charge in [0.25, 0.3) is 0 Å². The van der Waals surface area contributed by atoms with Crippen LogP contribution in [0.3, 0.4) is 0 Å². The number of likely N-dealkylation sites (tertiary alicyclic amines) is 1. The van der Waals surface area contributed by atoms with Crippen molar-refractivity contribution in [3.63, 3.8) is 0 Å². The zero-order chi connectivity index (χ0) is 13.6. The van der Waals surface area contributed by atoms with Crippen molar-refractivity contribution in [2.45, 2.75) is 25.0 Å². The van der Waals surface area contributed by atoms with Crippen LogP contribution in [0.15, 0.2) is 12.2 Å². The van der Waals surface area contributed by atoms with Crippen LogP contribution in [0.2, 0.25) is 0 Å². The quantitative estimate of drug-likeness (QED) is 0.544. The van der Waals surface area contributed by atoms with Crippen molar-refractivity contribution >= 4 is 11.8 Å². The molecule has 1 saturated carbocycles. The minimum absolute atomic E-state index is 0.0220. The number of piperidine rings is 1. The Morgan fingerprint density at radius 3 is 2.79 bits per heavy atom. The van der Waals surface area contributed by atoms with Crippen LogP contribution in [0.25, 0.3) is 0 Å². The predicted octanol–water partition coefficient (Wildman–Crippen LogP) is 0.351. The molecule has 1 aliphatic carbocycles. The molecule has 5 heteroatoms. The van der Waals surface area contributed by atoms with Gasteiger partial charge in [-0.3, -0.25) is 14.5 Å². The Labute approximate surface area is 111 Å². The number of ether oxygens (including phenoxy) is 2. The van der Waals surface area contributed by atoms with E-state index in [4.69, 9.17) is 9.47 Å². The topological polar surface area (TPSA) is 55.8 Å². The second-order valence-corrected chi connectivity index (χ2v) is 6.34. The molecule has 0 aromatic rings. The van der Waals surface area contributed by atoms with Crippen molar-refractivity contribution in [3.05, 3.63) is 12.2 Å². The van der Waals surface area contributed by atoms with E-state index in [0.29, 0.717) is 13.2 Å². The van der Waals surface area contributed by atoms with Crippen LogP contribution in [0, 0.1) is 17.3 Å². The lowest BCUT2D eigenvalue weighted by atomic mass is 9.79. The largest absolute Gasteiger partial charge is 0.383 e. The van der Waals surface area contributed by atoms with E-state index in [2.05, 4.69) is 0 Å². The van der Waals surface area contributed by atoms with Crippen LogP contribution in [-0.2, 0) is 19.1 Å². The molecule has 3 aliphatic heterocycles. The molecule has 3 fully saturated rings. The van der Waals surface area contributed by atoms with Gasteiger partial charge < -0.3 is 9.47 Å². The summed E-state index contributed by atoms with van der Waals surface area (Å²) in [7, 11) is 1.57. The Balaban J connectivity index is 1.74. The second kappa shape index (κ2) is 2.94. The van der Waals surface area contributed by atoms with E-state index >= 15 is 0 Å². The molecule has 1 spiro atoms. The van der Waals surface area contributed by atoms with Crippen molar-refractivity contribution in [1.82, 2.24) is 4.90 Å². The zero-order valence-electron chi connectivity index (χ0n) is 11.3. The summed E-state index contributed by atoms with van der Waals surface area (Å²) in [5, 5.41) is 0. The summed E-state index contributed by atoms with van der Waals surface area (Å²) in [5.74, 6) is -0.291. The average molecular weight is 263 g/mol. The number of fused-ring (bicyclic) bond motifs is 4. The van der Waals surface area contributed by atoms with Gasteiger partial charge in [0.2, 0.25) is 11.8 Å². The van der Waals surface area contributed by atoms with Crippen molar-refractivity contribution in [1.29, 1.82) is 0 Å². The third kappa shape index (κ3) is 0.933. The van der Waals surface area contributed by atoms with Crippen molar-refractivity contribution in [3.8, 4) is 0 Å². The van der Waals surface area contributed by atoms with Gasteiger partial charge in [-0.05, 0) is 13.8 Å². The van der Waals surface area contributed by atoms with Crippen LogP contribution < -0.4 is 0 Å². The fourth-order valence-corrected chi connectivity index (χ4v) is 4.73. The van der Waals surface area contributed by atoms with Crippen LogP contribution in [0.4, 0.5) is 0 Å². The number of carbonyl (C=O) groups excluding carboxylic acids is 2. The molecule has 0 N–H and O–H groups in total. The van der Waals surface area contributed by atoms with Crippen LogP contribution >= 0.6 is 0 Å². The fourth-order valence-electron chi connectivity index (χ4n) is 4.73. The van der Waals surface area contributed by atoms with Crippen molar-refractivity contribution < 1.29 is 19.1 Å². The first-order chi connectivity index (χ1) is 8.92. The standard InChI is InChI=1S/C14H17NO4/c1-12-4-5-13(2,19-12)14-8(9(12)14)10(16)15(11(14)17)6-7-18-3/h4-5,8-9H,6-7H2,1-3H3. The number of rotatable bonds is 3. The molecule has 2 bridgehead atoms. The highest BCUT2D eigenvalue weighted by molar-refractivity contribution is 6.14. The molecule has 3 heterocycles. The van der Waals surface area contributed by atoms with E-state index in [1.807, 2.05) is 26.0 Å². The van der Waals surface area contributed by atoms with Crippen molar-refractivity contribution in [2.75, 3.05) is 20.3 Å². The zero-order valence-corrected chi connectivity index (χ0v) is 11.3. The Morgan fingerprint density at radius 1 is 1.37 bits per heavy atom. The molecular formula is C14H17NO4. The Kier molecular flexibility index (Phi) is 1.79. The Bertz CT molecular complexity index is 544. The van der Waals surface area contributed by atoms with Crippen LogP contribution in [0.5, 0.6) is 0 Å². The fraction of sp³-hybridized carbons (Fsp3) is 0.714. The van der Waals surface area contributed by atoms with Crippen LogP contribution in [-0.4, -0.2) is 48.2 Å². The normalized spacial score (nSPS) is 52.9. The monoisotopic (exact) mass is 263 g/mol. The van der Waals surface area contributed by atoms with Gasteiger partial charge >= 0.3 is 0 Å². The summed E-state index contributed by atoms with van der Waals surface area (Å²) < 4.78 is 11.0. The second-order valence-electron chi connectivity index (χ2n) is 6.34.